The standard InChI is InChI=1S/C26H32N4O2S2/c1-2-29-14-12-19(13-15-29)27-22(31)17-33-26-28-24-23(20-9-6-10-21(20)34-24)25(32)30(26)16-11-18-7-4-3-5-8-18/h3-5,7-8,19H,2,6,9-17H2,1H3,(H,27,31). The Labute approximate surface area is 208 Å². The van der Waals surface area contributed by atoms with Crippen LogP contribution in [0, 0.1) is 0 Å². The maximum atomic E-state index is 13.6. The molecule has 1 amide bonds. The molecule has 1 fully saturated rings. The minimum atomic E-state index is 0.0255. The van der Waals surface area contributed by atoms with Crippen molar-refractivity contribution in [2.24, 2.45) is 0 Å². The predicted molar refractivity (Wildman–Crippen MR) is 140 cm³/mol. The number of aryl methyl sites for hydroxylation is 3. The highest BCUT2D eigenvalue weighted by molar-refractivity contribution is 7.99. The van der Waals surface area contributed by atoms with E-state index in [-0.39, 0.29) is 23.3 Å². The Morgan fingerprint density at radius 3 is 2.76 bits per heavy atom. The number of fused-ring (bicyclic) bond motifs is 3. The number of hydrogen-bond donors (Lipinski definition) is 1. The zero-order chi connectivity index (χ0) is 23.5. The number of carbonyl (C=O) groups is 1. The minimum absolute atomic E-state index is 0.0255. The average Bonchev–Trinajstić information content (AvgIpc) is 3.44. The lowest BCUT2D eigenvalue weighted by molar-refractivity contribution is -0.119. The van der Waals surface area contributed by atoms with Crippen molar-refractivity contribution in [1.82, 2.24) is 19.8 Å². The van der Waals surface area contributed by atoms with Crippen molar-refractivity contribution in [3.8, 4) is 0 Å². The first-order valence-electron chi connectivity index (χ1n) is 12.4. The van der Waals surface area contributed by atoms with Crippen molar-refractivity contribution in [2.75, 3.05) is 25.4 Å². The fraction of sp³-hybridized carbons (Fsp3) is 0.500. The number of amides is 1. The molecule has 0 unspecified atom stereocenters. The summed E-state index contributed by atoms with van der Waals surface area (Å²) in [6, 6.07) is 10.5. The molecule has 5 rings (SSSR count). The summed E-state index contributed by atoms with van der Waals surface area (Å²) in [5.74, 6) is 0.306. The Balaban J connectivity index is 1.34. The molecule has 0 saturated carbocycles. The molecule has 3 heterocycles. The Bertz CT molecular complexity index is 1210. The Kier molecular flexibility index (Phi) is 7.37. The molecule has 1 N–H and O–H groups in total. The molecule has 2 aliphatic rings. The summed E-state index contributed by atoms with van der Waals surface area (Å²) in [5, 5.41) is 4.66. The van der Waals surface area contributed by atoms with Gasteiger partial charge in [-0.3, -0.25) is 14.2 Å². The molecule has 34 heavy (non-hydrogen) atoms. The fourth-order valence-corrected chi connectivity index (χ4v) is 7.18. The van der Waals surface area contributed by atoms with Gasteiger partial charge in [0.2, 0.25) is 5.91 Å². The number of aromatic nitrogens is 2. The molecular formula is C26H32N4O2S2. The first-order chi connectivity index (χ1) is 16.6. The molecule has 1 saturated heterocycles. The second-order valence-electron chi connectivity index (χ2n) is 9.19. The Morgan fingerprint density at radius 2 is 2.00 bits per heavy atom. The van der Waals surface area contributed by atoms with Crippen LogP contribution in [0.2, 0.25) is 0 Å². The van der Waals surface area contributed by atoms with Gasteiger partial charge in [0.25, 0.3) is 5.56 Å². The molecule has 0 bridgehead atoms. The number of hydrogen-bond acceptors (Lipinski definition) is 6. The maximum Gasteiger partial charge on any atom is 0.263 e. The highest BCUT2D eigenvalue weighted by atomic mass is 32.2. The molecule has 180 valence electrons. The zero-order valence-electron chi connectivity index (χ0n) is 19.7. The zero-order valence-corrected chi connectivity index (χ0v) is 21.3. The van der Waals surface area contributed by atoms with Gasteiger partial charge in [-0.25, -0.2) is 4.98 Å². The van der Waals surface area contributed by atoms with Gasteiger partial charge in [-0.1, -0.05) is 49.0 Å². The maximum absolute atomic E-state index is 13.6. The quantitative estimate of drug-likeness (QED) is 0.379. The third kappa shape index (κ3) is 5.09. The van der Waals surface area contributed by atoms with Crippen LogP contribution in [0.5, 0.6) is 0 Å². The van der Waals surface area contributed by atoms with Gasteiger partial charge in [0.1, 0.15) is 4.83 Å². The molecule has 1 aliphatic heterocycles. The SMILES string of the molecule is CCN1CCC(NC(=O)CSc2nc3sc4c(c3c(=O)n2CCc2ccccc2)CCC4)CC1. The molecule has 1 aromatic carbocycles. The summed E-state index contributed by atoms with van der Waals surface area (Å²) >= 11 is 3.05. The van der Waals surface area contributed by atoms with Crippen LogP contribution in [-0.4, -0.2) is 51.8 Å². The molecule has 8 heteroatoms. The molecule has 1 aliphatic carbocycles. The molecule has 6 nitrogen and oxygen atoms in total. The van der Waals surface area contributed by atoms with Gasteiger partial charge in [-0.05, 0) is 56.2 Å². The predicted octanol–water partition coefficient (Wildman–Crippen LogP) is 3.88. The highest BCUT2D eigenvalue weighted by Gasteiger charge is 2.24. The lowest BCUT2D eigenvalue weighted by atomic mass is 10.1. The van der Waals surface area contributed by atoms with Crippen LogP contribution in [-0.2, 0) is 30.6 Å². The van der Waals surface area contributed by atoms with Gasteiger partial charge in [0.05, 0.1) is 11.1 Å². The number of rotatable bonds is 8. The molecule has 2 aromatic heterocycles. The number of carbonyl (C=O) groups excluding carboxylic acids is 1. The summed E-state index contributed by atoms with van der Waals surface area (Å²) in [5.41, 5.74) is 2.45. The van der Waals surface area contributed by atoms with E-state index in [1.54, 1.807) is 15.9 Å². The van der Waals surface area contributed by atoms with Crippen LogP contribution in [0.25, 0.3) is 10.2 Å². The molecule has 0 spiro atoms. The molecular weight excluding hydrogens is 464 g/mol. The van der Waals surface area contributed by atoms with Crippen LogP contribution >= 0.6 is 23.1 Å². The summed E-state index contributed by atoms with van der Waals surface area (Å²) in [6.07, 6.45) is 5.89. The van der Waals surface area contributed by atoms with E-state index in [1.807, 2.05) is 18.2 Å². The summed E-state index contributed by atoms with van der Waals surface area (Å²) in [6.45, 7) is 5.88. The van der Waals surface area contributed by atoms with Crippen LogP contribution in [0.15, 0.2) is 40.3 Å². The molecule has 0 radical (unpaired) electrons. The Morgan fingerprint density at radius 1 is 1.21 bits per heavy atom. The van der Waals surface area contributed by atoms with E-state index in [2.05, 4.69) is 29.3 Å². The number of nitrogens with one attached hydrogen (secondary N) is 1. The van der Waals surface area contributed by atoms with Crippen molar-refractivity contribution in [2.45, 2.75) is 63.2 Å². The monoisotopic (exact) mass is 496 g/mol. The van der Waals surface area contributed by atoms with Gasteiger partial charge in [-0.15, -0.1) is 11.3 Å². The van der Waals surface area contributed by atoms with E-state index in [9.17, 15) is 9.59 Å². The van der Waals surface area contributed by atoms with E-state index >= 15 is 0 Å². The van der Waals surface area contributed by atoms with Crippen molar-refractivity contribution in [3.63, 3.8) is 0 Å². The van der Waals surface area contributed by atoms with Crippen LogP contribution in [0.3, 0.4) is 0 Å². The average molecular weight is 497 g/mol. The lowest BCUT2D eigenvalue weighted by Gasteiger charge is -2.31. The Hall–Kier alpha value is -2.16. The normalized spacial score (nSPS) is 16.7. The summed E-state index contributed by atoms with van der Waals surface area (Å²) < 4.78 is 1.80. The first-order valence-corrected chi connectivity index (χ1v) is 14.2. The van der Waals surface area contributed by atoms with Gasteiger partial charge < -0.3 is 10.2 Å². The van der Waals surface area contributed by atoms with E-state index < -0.39 is 0 Å². The van der Waals surface area contributed by atoms with Crippen molar-refractivity contribution in [1.29, 1.82) is 0 Å². The van der Waals surface area contributed by atoms with Crippen LogP contribution in [0.1, 0.15) is 42.2 Å². The first kappa shape index (κ1) is 23.6. The van der Waals surface area contributed by atoms with Crippen LogP contribution < -0.4 is 10.9 Å². The van der Waals surface area contributed by atoms with Crippen molar-refractivity contribution in [3.05, 3.63) is 56.7 Å². The second kappa shape index (κ2) is 10.6. The summed E-state index contributed by atoms with van der Waals surface area (Å²) in [7, 11) is 0. The smallest absolute Gasteiger partial charge is 0.263 e. The number of thiophene rings is 1. The van der Waals surface area contributed by atoms with Gasteiger partial charge in [0.15, 0.2) is 5.16 Å². The fourth-order valence-electron chi connectivity index (χ4n) is 5.04. The van der Waals surface area contributed by atoms with Gasteiger partial charge >= 0.3 is 0 Å². The van der Waals surface area contributed by atoms with Gasteiger partial charge in [0, 0.05) is 30.6 Å². The number of likely N-dealkylation sites (tertiary alicyclic amines) is 1. The van der Waals surface area contributed by atoms with Gasteiger partial charge in [-0.2, -0.15) is 0 Å². The van der Waals surface area contributed by atoms with Crippen LogP contribution in [0.4, 0.5) is 0 Å². The largest absolute Gasteiger partial charge is 0.353 e. The number of nitrogens with zero attached hydrogens (tertiary/aromatic N) is 3. The summed E-state index contributed by atoms with van der Waals surface area (Å²) in [4.78, 5) is 35.8. The van der Waals surface area contributed by atoms with E-state index in [0.29, 0.717) is 11.7 Å². The molecule has 3 aromatic rings. The van der Waals surface area contributed by atoms with Crippen molar-refractivity contribution >= 4 is 39.2 Å². The lowest BCUT2D eigenvalue weighted by Crippen LogP contribution is -2.45. The minimum Gasteiger partial charge on any atom is -0.353 e. The number of thioether (sulfide) groups is 1. The topological polar surface area (TPSA) is 67.2 Å². The van der Waals surface area contributed by atoms with E-state index in [4.69, 9.17) is 4.98 Å². The number of piperidine rings is 1. The van der Waals surface area contributed by atoms with E-state index in [1.165, 1.54) is 27.8 Å². The van der Waals surface area contributed by atoms with Crippen molar-refractivity contribution < 1.29 is 4.79 Å². The highest BCUT2D eigenvalue weighted by Crippen LogP contribution is 2.35. The number of benzene rings is 1. The second-order valence-corrected chi connectivity index (χ2v) is 11.2. The molecule has 0 atom stereocenters. The third-order valence-electron chi connectivity index (χ3n) is 6.99. The third-order valence-corrected chi connectivity index (χ3v) is 9.15. The van der Waals surface area contributed by atoms with E-state index in [0.717, 1.165) is 68.4 Å².